The summed E-state index contributed by atoms with van der Waals surface area (Å²) < 4.78 is 25.0. The minimum absolute atomic E-state index is 0.0459. The van der Waals surface area contributed by atoms with Crippen LogP contribution in [0, 0.1) is 17.1 Å². The number of halogens is 1. The lowest BCUT2D eigenvalue weighted by molar-refractivity contribution is -0.118. The number of nitrogens with one attached hydrogen (secondary N) is 2. The van der Waals surface area contributed by atoms with Crippen LogP contribution in [0.1, 0.15) is 11.1 Å². The van der Waals surface area contributed by atoms with Gasteiger partial charge < -0.3 is 20.5 Å². The maximum absolute atomic E-state index is 14.2. The maximum atomic E-state index is 14.2. The molecule has 1 atom stereocenters. The largest absolute Gasteiger partial charge is 0.497 e. The third-order valence-electron chi connectivity index (χ3n) is 5.40. The van der Waals surface area contributed by atoms with Crippen LogP contribution in [-0.4, -0.2) is 23.2 Å². The lowest BCUT2D eigenvalue weighted by Crippen LogP contribution is -2.42. The van der Waals surface area contributed by atoms with Crippen LogP contribution in [0.15, 0.2) is 53.9 Å². The molecule has 0 bridgehead atoms. The zero-order valence-electron chi connectivity index (χ0n) is 15.6. The molecule has 1 spiro atoms. The number of benzene rings is 2. The Morgan fingerprint density at radius 1 is 1.27 bits per heavy atom. The Morgan fingerprint density at radius 3 is 2.73 bits per heavy atom. The quantitative estimate of drug-likeness (QED) is 0.604. The average Bonchev–Trinajstić information content (AvgIpc) is 3.28. The number of carbonyl (C=O) groups is 1. The molecular weight excluding hydrogens is 389 g/mol. The molecule has 4 N–H and O–H groups in total. The van der Waals surface area contributed by atoms with Crippen molar-refractivity contribution >= 4 is 11.6 Å². The van der Waals surface area contributed by atoms with Crippen LogP contribution in [-0.2, 0) is 10.2 Å². The number of ether oxygens (including phenoxy) is 2. The molecule has 2 aliphatic rings. The van der Waals surface area contributed by atoms with Crippen LogP contribution in [0.4, 0.5) is 10.1 Å². The Kier molecular flexibility index (Phi) is 3.60. The minimum atomic E-state index is -1.70. The number of anilines is 1. The number of methoxy groups -OCH3 is 1. The molecule has 0 fully saturated rings. The van der Waals surface area contributed by atoms with Crippen molar-refractivity contribution in [1.29, 1.82) is 5.26 Å². The monoisotopic (exact) mass is 403 g/mol. The summed E-state index contributed by atoms with van der Waals surface area (Å²) in [6, 6.07) is 12.9. The lowest BCUT2D eigenvalue weighted by Gasteiger charge is -2.31. The van der Waals surface area contributed by atoms with Gasteiger partial charge in [-0.15, -0.1) is 5.10 Å². The number of H-pyrrole nitrogens is 1. The highest BCUT2D eigenvalue weighted by molar-refractivity contribution is 6.13. The predicted molar refractivity (Wildman–Crippen MR) is 104 cm³/mol. The fraction of sp³-hybridized carbons (Fsp3) is 0.0952. The lowest BCUT2D eigenvalue weighted by atomic mass is 9.68. The minimum Gasteiger partial charge on any atom is -0.497 e. The molecule has 2 aromatic carbocycles. The number of nitrogens with zero attached hydrogens (tertiary/aromatic N) is 2. The normalized spacial score (nSPS) is 19.0. The molecular formula is C21H14FN5O3. The van der Waals surface area contributed by atoms with Gasteiger partial charge in [0.15, 0.2) is 0 Å². The number of aromatic nitrogens is 2. The van der Waals surface area contributed by atoms with Gasteiger partial charge in [0.05, 0.1) is 18.4 Å². The highest BCUT2D eigenvalue weighted by Crippen LogP contribution is 2.55. The van der Waals surface area contributed by atoms with Crippen LogP contribution in [0.25, 0.3) is 11.3 Å². The van der Waals surface area contributed by atoms with Crippen LogP contribution < -0.4 is 20.5 Å². The molecule has 2 aliphatic heterocycles. The standard InChI is InChI=1S/C21H14FN5O3/c1-29-12-5-2-10(3-6-12)17-16-19(27-26-17)30-18(24)14(9-23)21(16)13-8-11(22)4-7-15(13)25-20(21)28/h2-8H,24H2,1H3,(H,25,28)(H,26,27)/t21-/m0/s1. The first-order valence-electron chi connectivity index (χ1n) is 8.93. The molecule has 0 saturated heterocycles. The van der Waals surface area contributed by atoms with E-state index >= 15 is 0 Å². The van der Waals surface area contributed by atoms with Crippen molar-refractivity contribution in [3.05, 3.63) is 70.9 Å². The Morgan fingerprint density at radius 2 is 2.03 bits per heavy atom. The fourth-order valence-corrected chi connectivity index (χ4v) is 4.09. The van der Waals surface area contributed by atoms with E-state index in [1.807, 2.05) is 6.07 Å². The van der Waals surface area contributed by atoms with E-state index in [1.54, 1.807) is 31.4 Å². The van der Waals surface area contributed by atoms with E-state index in [4.69, 9.17) is 15.2 Å². The van der Waals surface area contributed by atoms with Crippen molar-refractivity contribution in [2.24, 2.45) is 5.73 Å². The van der Waals surface area contributed by atoms with Crippen molar-refractivity contribution < 1.29 is 18.7 Å². The second kappa shape index (κ2) is 6.09. The molecule has 1 aromatic heterocycles. The second-order valence-electron chi connectivity index (χ2n) is 6.85. The molecule has 30 heavy (non-hydrogen) atoms. The predicted octanol–water partition coefficient (Wildman–Crippen LogP) is 2.55. The van der Waals surface area contributed by atoms with Crippen molar-refractivity contribution in [3.8, 4) is 29.0 Å². The van der Waals surface area contributed by atoms with E-state index < -0.39 is 17.1 Å². The molecule has 3 heterocycles. The van der Waals surface area contributed by atoms with E-state index in [2.05, 4.69) is 15.5 Å². The highest BCUT2D eigenvalue weighted by atomic mass is 19.1. The Bertz CT molecular complexity index is 1290. The van der Waals surface area contributed by atoms with Crippen molar-refractivity contribution in [2.75, 3.05) is 12.4 Å². The third-order valence-corrected chi connectivity index (χ3v) is 5.40. The van der Waals surface area contributed by atoms with Gasteiger partial charge in [-0.25, -0.2) is 4.39 Å². The number of fused-ring (bicyclic) bond motifs is 4. The van der Waals surface area contributed by atoms with E-state index in [9.17, 15) is 14.4 Å². The van der Waals surface area contributed by atoms with Gasteiger partial charge in [0.25, 0.3) is 0 Å². The first-order chi connectivity index (χ1) is 14.5. The Labute approximate surface area is 169 Å². The number of amides is 1. The van der Waals surface area contributed by atoms with Gasteiger partial charge in [-0.05, 0) is 42.5 Å². The van der Waals surface area contributed by atoms with Gasteiger partial charge in [-0.1, -0.05) is 0 Å². The van der Waals surface area contributed by atoms with Gasteiger partial charge in [0.1, 0.15) is 28.6 Å². The molecule has 8 nitrogen and oxygen atoms in total. The van der Waals surface area contributed by atoms with E-state index in [0.717, 1.165) is 0 Å². The van der Waals surface area contributed by atoms with Crippen LogP contribution in [0.2, 0.25) is 0 Å². The fourth-order valence-electron chi connectivity index (χ4n) is 4.09. The van der Waals surface area contributed by atoms with Crippen LogP contribution in [0.3, 0.4) is 0 Å². The summed E-state index contributed by atoms with van der Waals surface area (Å²) in [5.74, 6) is -0.660. The summed E-state index contributed by atoms with van der Waals surface area (Å²) in [6.07, 6.45) is 0. The average molecular weight is 403 g/mol. The first-order valence-corrected chi connectivity index (χ1v) is 8.93. The maximum Gasteiger partial charge on any atom is 0.245 e. The zero-order valence-corrected chi connectivity index (χ0v) is 15.6. The SMILES string of the molecule is COc1ccc(-c2[nH]nc3c2[C@@]2(C(=O)Nc4ccc(F)cc42)C(C#N)=C(N)O3)cc1. The molecule has 0 saturated carbocycles. The molecule has 0 radical (unpaired) electrons. The van der Waals surface area contributed by atoms with Crippen molar-refractivity contribution in [1.82, 2.24) is 10.2 Å². The number of hydrogen-bond acceptors (Lipinski definition) is 6. The van der Waals surface area contributed by atoms with Gasteiger partial charge in [0, 0.05) is 16.8 Å². The molecule has 1 amide bonds. The third kappa shape index (κ3) is 2.13. The number of nitrogens with two attached hydrogens (primary N) is 1. The summed E-state index contributed by atoms with van der Waals surface area (Å²) in [4.78, 5) is 13.4. The van der Waals surface area contributed by atoms with Crippen molar-refractivity contribution in [2.45, 2.75) is 5.41 Å². The smallest absolute Gasteiger partial charge is 0.245 e. The summed E-state index contributed by atoms with van der Waals surface area (Å²) in [5, 5.41) is 19.7. The molecule has 5 rings (SSSR count). The molecule has 0 aliphatic carbocycles. The second-order valence-corrected chi connectivity index (χ2v) is 6.85. The Hall–Kier alpha value is -4.32. The summed E-state index contributed by atoms with van der Waals surface area (Å²) in [6.45, 7) is 0. The van der Waals surface area contributed by atoms with Gasteiger partial charge in [0.2, 0.25) is 17.7 Å². The zero-order chi connectivity index (χ0) is 21.0. The van der Waals surface area contributed by atoms with Crippen LogP contribution >= 0.6 is 0 Å². The molecule has 9 heteroatoms. The van der Waals surface area contributed by atoms with E-state index in [1.165, 1.54) is 18.2 Å². The molecule has 3 aromatic rings. The van der Waals surface area contributed by atoms with Gasteiger partial charge >= 0.3 is 0 Å². The number of rotatable bonds is 2. The summed E-state index contributed by atoms with van der Waals surface area (Å²) in [5.41, 5.74) is 6.22. The number of carbonyl (C=O) groups excluding carboxylic acids is 1. The Balaban J connectivity index is 1.86. The van der Waals surface area contributed by atoms with Gasteiger partial charge in [-0.3, -0.25) is 9.89 Å². The van der Waals surface area contributed by atoms with Crippen molar-refractivity contribution in [3.63, 3.8) is 0 Å². The number of aromatic amines is 1. The van der Waals surface area contributed by atoms with Gasteiger partial charge in [-0.2, -0.15) is 5.26 Å². The number of hydrogen-bond donors (Lipinski definition) is 3. The highest BCUT2D eigenvalue weighted by Gasteiger charge is 2.58. The summed E-state index contributed by atoms with van der Waals surface area (Å²) >= 11 is 0. The first kappa shape index (κ1) is 17.8. The summed E-state index contributed by atoms with van der Waals surface area (Å²) in [7, 11) is 1.55. The van der Waals surface area contributed by atoms with E-state index in [0.29, 0.717) is 28.3 Å². The van der Waals surface area contributed by atoms with Crippen LogP contribution in [0.5, 0.6) is 11.6 Å². The molecule has 148 valence electrons. The number of nitriles is 1. The molecule has 0 unspecified atom stereocenters. The van der Waals surface area contributed by atoms with E-state index in [-0.39, 0.29) is 22.9 Å². The topological polar surface area (TPSA) is 126 Å².